The van der Waals surface area contributed by atoms with Crippen LogP contribution in [0.1, 0.15) is 74.0 Å². The van der Waals surface area contributed by atoms with Crippen LogP contribution in [-0.4, -0.2) is 119 Å². The van der Waals surface area contributed by atoms with Crippen LogP contribution in [0.4, 0.5) is 5.82 Å². The fourth-order valence-electron chi connectivity index (χ4n) is 9.13. The van der Waals surface area contributed by atoms with E-state index in [-0.39, 0.29) is 47.7 Å². The third-order valence-corrected chi connectivity index (χ3v) is 14.5. The molecule has 314 valence electrons. The molecule has 1 saturated carbocycles. The van der Waals surface area contributed by atoms with Crippen LogP contribution >= 0.6 is 34.2 Å². The highest BCUT2D eigenvalue weighted by atomic mass is 127. The Morgan fingerprint density at radius 3 is 2.74 bits per heavy atom. The van der Waals surface area contributed by atoms with Crippen molar-refractivity contribution in [3.8, 4) is 5.75 Å². The van der Waals surface area contributed by atoms with Gasteiger partial charge in [0.1, 0.15) is 5.69 Å². The maximum absolute atomic E-state index is 13.5. The van der Waals surface area contributed by atoms with E-state index in [1.807, 2.05) is 19.1 Å². The number of ketones is 1. The van der Waals surface area contributed by atoms with E-state index in [0.29, 0.717) is 48.7 Å². The zero-order valence-corrected chi connectivity index (χ0v) is 37.2. The molecule has 0 unspecified atom stereocenters. The molecule has 8 rings (SSSR count). The van der Waals surface area contributed by atoms with Crippen LogP contribution in [0, 0.1) is 17.8 Å². The highest BCUT2D eigenvalue weighted by molar-refractivity contribution is 14.1. The van der Waals surface area contributed by atoms with Gasteiger partial charge in [-0.25, -0.2) is 18.1 Å². The quantitative estimate of drug-likeness (QED) is 0.294. The highest BCUT2D eigenvalue weighted by Crippen LogP contribution is 2.45. The summed E-state index contributed by atoms with van der Waals surface area (Å²) in [6.07, 6.45) is 8.57. The summed E-state index contributed by atoms with van der Waals surface area (Å²) in [5.74, 6) is -0.00478. The molecule has 57 heavy (non-hydrogen) atoms. The van der Waals surface area contributed by atoms with Crippen molar-refractivity contribution in [3.05, 3.63) is 64.3 Å². The number of hydrogen-bond acceptors (Lipinski definition) is 11. The number of halogens is 2. The molecule has 2 aliphatic carbocycles. The number of allylic oxidation sites excluding steroid dienone is 2. The number of benzene rings is 1. The van der Waals surface area contributed by atoms with Crippen LogP contribution in [0.2, 0.25) is 5.02 Å². The molecule has 1 aromatic heterocycles. The molecule has 0 radical (unpaired) electrons. The fraction of sp³-hybridized carbons (Fsp3) is 0.643. The molecule has 15 heteroatoms. The third-order valence-electron chi connectivity index (χ3n) is 12.3. The Labute approximate surface area is 357 Å². The Kier molecular flexibility index (Phi) is 15.7. The number of nitrogens with zero attached hydrogens (tertiary/aromatic N) is 3. The average Bonchev–Trinajstić information content (AvgIpc) is 3.33. The summed E-state index contributed by atoms with van der Waals surface area (Å²) < 4.78 is 47.6. The number of alkyl halides is 1. The molecular formula is C42H59ClIN5O7S. The number of aromatic nitrogens is 1. The number of anilines is 1. The minimum Gasteiger partial charge on any atom is -0.489 e. The number of hydrogen-bond donors (Lipinski definition) is 2. The van der Waals surface area contributed by atoms with Crippen LogP contribution < -0.4 is 19.7 Å². The summed E-state index contributed by atoms with van der Waals surface area (Å²) in [6, 6.07) is 9.95. The number of piperazine rings is 1. The second-order valence-electron chi connectivity index (χ2n) is 16.1. The number of amides is 1. The van der Waals surface area contributed by atoms with Gasteiger partial charge < -0.3 is 24.4 Å². The number of fused-ring (bicyclic) bond motifs is 5. The number of rotatable bonds is 3. The van der Waals surface area contributed by atoms with Gasteiger partial charge in [0.25, 0.3) is 5.91 Å². The van der Waals surface area contributed by atoms with Gasteiger partial charge in [0.15, 0.2) is 17.4 Å². The maximum atomic E-state index is 13.5. The van der Waals surface area contributed by atoms with Gasteiger partial charge >= 0.3 is 0 Å². The maximum Gasteiger partial charge on any atom is 0.283 e. The zero-order valence-electron chi connectivity index (χ0n) is 33.5. The number of ether oxygens (including phenoxy) is 3. The number of carbonyl (C=O) groups excluding carboxylic acids is 2. The lowest BCUT2D eigenvalue weighted by atomic mass is 9.69. The van der Waals surface area contributed by atoms with Crippen LogP contribution in [-0.2, 0) is 36.1 Å². The molecule has 2 aromatic rings. The first-order chi connectivity index (χ1) is 27.5. The Hall–Kier alpha value is -2.34. The predicted octanol–water partition coefficient (Wildman–Crippen LogP) is 5.60. The molecule has 4 aliphatic heterocycles. The van der Waals surface area contributed by atoms with E-state index < -0.39 is 21.2 Å². The van der Waals surface area contributed by atoms with Crippen molar-refractivity contribution in [2.45, 2.75) is 75.5 Å². The van der Waals surface area contributed by atoms with Gasteiger partial charge in [0.2, 0.25) is 10.0 Å². The smallest absolute Gasteiger partial charge is 0.283 e. The monoisotopic (exact) mass is 939 g/mol. The topological polar surface area (TPSA) is 139 Å². The number of pyridine rings is 1. The summed E-state index contributed by atoms with van der Waals surface area (Å²) in [7, 11) is -2.58. The first-order valence-corrected chi connectivity index (χ1v) is 23.9. The normalized spacial score (nSPS) is 30.2. The summed E-state index contributed by atoms with van der Waals surface area (Å²) in [5.41, 5.74) is 2.08. The standard InChI is InChI=1S/C33H40ClN3O6S.C7H14N2O.C2H5I/c1-21-5-3-7-28(38)25-10-8-23(25)18-37-19-33(15-4-6-22-17-24(34)9-11-26(22)33)20-43-29-13-12-27(35-31(29)37)32(39)36-44(40,41)30(21)14-16-42-2;1-2-9-3-4-10-6-7(9)5-8-1;1-2-3/h3,7,9,11-13,17,21,23,25,30H,4-6,8,10,14-16,18-20H2,1-2H3,(H,36,39);7-8H,1-6H2;2H2,1H3/b7-3+;;/t21-,23-,25+,30+,33-;7-;/m00./s1. The van der Waals surface area contributed by atoms with E-state index in [2.05, 4.69) is 55.4 Å². The van der Waals surface area contributed by atoms with Crippen molar-refractivity contribution in [1.82, 2.24) is 19.9 Å². The summed E-state index contributed by atoms with van der Waals surface area (Å²) >= 11 is 8.67. The van der Waals surface area contributed by atoms with Crippen LogP contribution in [0.25, 0.3) is 0 Å². The van der Waals surface area contributed by atoms with E-state index in [9.17, 15) is 18.0 Å². The van der Waals surface area contributed by atoms with Crippen molar-refractivity contribution >= 4 is 61.7 Å². The van der Waals surface area contributed by atoms with Gasteiger partial charge in [0.05, 0.1) is 25.1 Å². The number of aryl methyl sites for hydroxylation is 1. The van der Waals surface area contributed by atoms with E-state index in [1.54, 1.807) is 18.2 Å². The minimum absolute atomic E-state index is 0.000860. The molecule has 1 aromatic carbocycles. The summed E-state index contributed by atoms with van der Waals surface area (Å²) in [4.78, 5) is 36.3. The predicted molar refractivity (Wildman–Crippen MR) is 232 cm³/mol. The second kappa shape index (κ2) is 20.3. The second-order valence-corrected chi connectivity index (χ2v) is 20.0. The number of nitrogens with one attached hydrogen (secondary N) is 2. The molecule has 2 saturated heterocycles. The summed E-state index contributed by atoms with van der Waals surface area (Å²) in [5, 5.41) is 3.18. The molecule has 6 atom stereocenters. The molecule has 6 aliphatic rings. The number of carbonyl (C=O) groups is 2. The molecule has 5 heterocycles. The Morgan fingerprint density at radius 2 is 1.98 bits per heavy atom. The van der Waals surface area contributed by atoms with Crippen molar-refractivity contribution in [2.75, 3.05) is 82.1 Å². The molecule has 2 N–H and O–H groups in total. The first-order valence-electron chi connectivity index (χ1n) is 20.5. The Morgan fingerprint density at radius 1 is 1.16 bits per heavy atom. The van der Waals surface area contributed by atoms with Gasteiger partial charge in [-0.1, -0.05) is 60.2 Å². The van der Waals surface area contributed by atoms with Gasteiger partial charge in [-0.15, -0.1) is 0 Å². The van der Waals surface area contributed by atoms with E-state index in [1.165, 1.54) is 35.3 Å². The first kappa shape index (κ1) is 44.2. The highest BCUT2D eigenvalue weighted by Gasteiger charge is 2.45. The molecule has 1 amide bonds. The van der Waals surface area contributed by atoms with E-state index in [0.717, 1.165) is 65.0 Å². The molecule has 12 nitrogen and oxygen atoms in total. The molecule has 2 bridgehead atoms. The van der Waals surface area contributed by atoms with Gasteiger partial charge in [0, 0.05) is 75.4 Å². The zero-order chi connectivity index (χ0) is 40.6. The molecule has 1 spiro atoms. The summed E-state index contributed by atoms with van der Waals surface area (Å²) in [6.45, 7) is 12.2. The lowest BCUT2D eigenvalue weighted by Gasteiger charge is -2.43. The van der Waals surface area contributed by atoms with Crippen molar-refractivity contribution in [1.29, 1.82) is 0 Å². The van der Waals surface area contributed by atoms with Crippen molar-refractivity contribution in [2.24, 2.45) is 17.8 Å². The van der Waals surface area contributed by atoms with Gasteiger partial charge in [-0.2, -0.15) is 0 Å². The van der Waals surface area contributed by atoms with Gasteiger partial charge in [-0.05, 0) is 103 Å². The average molecular weight is 940 g/mol. The number of methoxy groups -OCH3 is 1. The number of sulfonamides is 1. The van der Waals surface area contributed by atoms with Crippen LogP contribution in [0.3, 0.4) is 0 Å². The molecule has 3 fully saturated rings. The Bertz CT molecular complexity index is 1830. The fourth-order valence-corrected chi connectivity index (χ4v) is 11.0. The third kappa shape index (κ3) is 10.7. The SMILES string of the molecule is C1CN2CCOC[C@@H]2CN1.CCI.COCC[C@@H]1[C@@H](C)C/C=C/C(=O)[C@@H]2CC[C@H]2CN2C[C@@]3(CCCc4cc(Cl)ccc43)COc3ccc(nc32)C(=O)NS1(=O)=O. The van der Waals surface area contributed by atoms with Crippen molar-refractivity contribution < 1.29 is 32.2 Å². The lowest BCUT2D eigenvalue weighted by molar-refractivity contribution is -0.122. The van der Waals surface area contributed by atoms with Crippen molar-refractivity contribution in [3.63, 3.8) is 0 Å². The molecular weight excluding hydrogens is 881 g/mol. The number of morpholine rings is 1. The van der Waals surface area contributed by atoms with E-state index >= 15 is 0 Å². The Balaban J connectivity index is 0.000000358. The van der Waals surface area contributed by atoms with E-state index in [4.69, 9.17) is 30.8 Å². The lowest BCUT2D eigenvalue weighted by Crippen LogP contribution is -2.56. The van der Waals surface area contributed by atoms with Crippen LogP contribution in [0.5, 0.6) is 5.75 Å². The van der Waals surface area contributed by atoms with Gasteiger partial charge in [-0.3, -0.25) is 14.5 Å². The largest absolute Gasteiger partial charge is 0.489 e. The minimum atomic E-state index is -4.09. The van der Waals surface area contributed by atoms with Crippen LogP contribution in [0.15, 0.2) is 42.5 Å².